The molecule has 2 aromatic rings. The maximum Gasteiger partial charge on any atom is 0.288 e. The second-order valence-corrected chi connectivity index (χ2v) is 9.56. The summed E-state index contributed by atoms with van der Waals surface area (Å²) in [6.45, 7) is 0.365. The molecule has 1 aliphatic carbocycles. The van der Waals surface area contributed by atoms with Gasteiger partial charge in [-0.3, -0.25) is 23.9 Å². The van der Waals surface area contributed by atoms with E-state index in [-0.39, 0.29) is 53.5 Å². The monoisotopic (exact) mass is 477 g/mol. The van der Waals surface area contributed by atoms with Crippen LogP contribution in [0.1, 0.15) is 38.1 Å². The third kappa shape index (κ3) is 5.15. The van der Waals surface area contributed by atoms with Crippen molar-refractivity contribution in [3.8, 4) is 11.4 Å². The fourth-order valence-electron chi connectivity index (χ4n) is 3.96. The fourth-order valence-corrected chi connectivity index (χ4v) is 5.54. The largest absolute Gasteiger partial charge is 0.354 e. The van der Waals surface area contributed by atoms with Gasteiger partial charge in [0.15, 0.2) is 11.0 Å². The number of nitrogens with zero attached hydrogens (tertiary/aromatic N) is 4. The maximum absolute atomic E-state index is 14.5. The molecule has 1 aromatic carbocycles. The lowest BCUT2D eigenvalue weighted by atomic mass is 9.95. The van der Waals surface area contributed by atoms with E-state index >= 15 is 0 Å². The van der Waals surface area contributed by atoms with Crippen molar-refractivity contribution < 1.29 is 18.8 Å². The van der Waals surface area contributed by atoms with Gasteiger partial charge in [0, 0.05) is 19.1 Å². The van der Waals surface area contributed by atoms with E-state index in [2.05, 4.69) is 15.5 Å². The van der Waals surface area contributed by atoms with Crippen LogP contribution in [0.3, 0.4) is 0 Å². The van der Waals surface area contributed by atoms with Crippen LogP contribution in [0.2, 0.25) is 0 Å². The number of hydrogen-bond acceptors (Lipinski definition) is 7. The second kappa shape index (κ2) is 10.5. The lowest BCUT2D eigenvalue weighted by Crippen LogP contribution is -2.38. The molecule has 3 amide bonds. The van der Waals surface area contributed by atoms with E-state index in [4.69, 9.17) is 0 Å². The van der Waals surface area contributed by atoms with Crippen LogP contribution in [0.5, 0.6) is 0 Å². The molecule has 2 aliphatic rings. The highest BCUT2D eigenvalue weighted by atomic mass is 32.2. The summed E-state index contributed by atoms with van der Waals surface area (Å²) in [7, 11) is 0. The summed E-state index contributed by atoms with van der Waals surface area (Å²) in [6, 6.07) is 6.68. The topological polar surface area (TPSA) is 97.2 Å². The molecule has 11 heteroatoms. The Hall–Kier alpha value is -2.40. The average molecular weight is 478 g/mol. The highest BCUT2D eigenvalue weighted by Crippen LogP contribution is 2.36. The van der Waals surface area contributed by atoms with E-state index in [0.29, 0.717) is 16.5 Å². The first-order chi connectivity index (χ1) is 15.5. The van der Waals surface area contributed by atoms with Crippen molar-refractivity contribution in [1.82, 2.24) is 25.0 Å². The number of rotatable bonds is 8. The molecule has 170 valence electrons. The van der Waals surface area contributed by atoms with Crippen molar-refractivity contribution >= 4 is 40.6 Å². The van der Waals surface area contributed by atoms with Crippen molar-refractivity contribution in [2.45, 2.75) is 43.3 Å². The average Bonchev–Trinajstić information content (AvgIpc) is 3.37. The SMILES string of the molecule is O=C(CSc1nnc(-c2ccccc2F)n1C1CCCCC1)NCCN1C(=O)CSC1=O. The van der Waals surface area contributed by atoms with E-state index in [1.807, 2.05) is 4.57 Å². The first-order valence-corrected chi connectivity index (χ1v) is 12.6. The molecule has 1 N–H and O–H groups in total. The minimum atomic E-state index is -0.351. The van der Waals surface area contributed by atoms with Gasteiger partial charge in [0.05, 0.1) is 17.1 Å². The number of amides is 3. The van der Waals surface area contributed by atoms with Crippen LogP contribution in [0.25, 0.3) is 11.4 Å². The third-order valence-corrected chi connectivity index (χ3v) is 7.35. The Morgan fingerprint density at radius 1 is 1.19 bits per heavy atom. The van der Waals surface area contributed by atoms with E-state index in [9.17, 15) is 18.8 Å². The Labute approximate surface area is 193 Å². The number of carbonyl (C=O) groups excluding carboxylic acids is 3. The smallest absolute Gasteiger partial charge is 0.288 e. The van der Waals surface area contributed by atoms with E-state index in [0.717, 1.165) is 42.3 Å². The molecule has 2 fully saturated rings. The zero-order valence-electron chi connectivity index (χ0n) is 17.5. The molecule has 32 heavy (non-hydrogen) atoms. The highest BCUT2D eigenvalue weighted by molar-refractivity contribution is 8.14. The molecular weight excluding hydrogens is 453 g/mol. The molecule has 0 radical (unpaired) electrons. The first kappa shape index (κ1) is 22.8. The Morgan fingerprint density at radius 2 is 1.97 bits per heavy atom. The molecular formula is C21H24FN5O3S2. The lowest BCUT2D eigenvalue weighted by molar-refractivity contribution is -0.125. The van der Waals surface area contributed by atoms with Crippen LogP contribution in [0.15, 0.2) is 29.4 Å². The molecule has 0 spiro atoms. The van der Waals surface area contributed by atoms with Gasteiger partial charge in [-0.05, 0) is 25.0 Å². The summed E-state index contributed by atoms with van der Waals surface area (Å²) in [6.07, 6.45) is 5.30. The zero-order valence-corrected chi connectivity index (χ0v) is 19.1. The molecule has 0 unspecified atom stereocenters. The Morgan fingerprint density at radius 3 is 2.69 bits per heavy atom. The summed E-state index contributed by atoms with van der Waals surface area (Å²) in [4.78, 5) is 36.7. The molecule has 1 saturated carbocycles. The Balaban J connectivity index is 1.41. The summed E-state index contributed by atoms with van der Waals surface area (Å²) in [5.41, 5.74) is 0.402. The first-order valence-electron chi connectivity index (χ1n) is 10.6. The number of aromatic nitrogens is 3. The third-order valence-electron chi connectivity index (χ3n) is 5.55. The van der Waals surface area contributed by atoms with Crippen LogP contribution in [-0.2, 0) is 9.59 Å². The Bertz CT molecular complexity index is 993. The van der Waals surface area contributed by atoms with Crippen LogP contribution in [0.4, 0.5) is 9.18 Å². The van der Waals surface area contributed by atoms with Crippen LogP contribution < -0.4 is 5.32 Å². The number of hydrogen-bond donors (Lipinski definition) is 1. The molecule has 1 saturated heterocycles. The van der Waals surface area contributed by atoms with Gasteiger partial charge in [-0.1, -0.05) is 54.9 Å². The number of imide groups is 1. The molecule has 0 bridgehead atoms. The van der Waals surface area contributed by atoms with Gasteiger partial charge in [-0.25, -0.2) is 4.39 Å². The molecule has 0 atom stereocenters. The lowest BCUT2D eigenvalue weighted by Gasteiger charge is -2.25. The zero-order chi connectivity index (χ0) is 22.5. The normalized spacial score (nSPS) is 17.2. The van der Waals surface area contributed by atoms with Gasteiger partial charge in [-0.15, -0.1) is 10.2 Å². The number of carbonyl (C=O) groups is 3. The highest BCUT2D eigenvalue weighted by Gasteiger charge is 2.29. The van der Waals surface area contributed by atoms with E-state index in [1.165, 1.54) is 24.2 Å². The van der Waals surface area contributed by atoms with E-state index in [1.54, 1.807) is 18.2 Å². The molecule has 1 aromatic heterocycles. The number of benzene rings is 1. The van der Waals surface area contributed by atoms with Gasteiger partial charge in [-0.2, -0.15) is 0 Å². The van der Waals surface area contributed by atoms with Gasteiger partial charge in [0.1, 0.15) is 5.82 Å². The summed E-state index contributed by atoms with van der Waals surface area (Å²) < 4.78 is 16.4. The molecule has 8 nitrogen and oxygen atoms in total. The number of nitrogens with one attached hydrogen (secondary N) is 1. The van der Waals surface area contributed by atoms with Crippen LogP contribution in [0, 0.1) is 5.82 Å². The van der Waals surface area contributed by atoms with Gasteiger partial charge in [0.2, 0.25) is 11.8 Å². The van der Waals surface area contributed by atoms with Gasteiger partial charge >= 0.3 is 0 Å². The van der Waals surface area contributed by atoms with Crippen LogP contribution in [-0.4, -0.2) is 61.3 Å². The number of thioether (sulfide) groups is 2. The maximum atomic E-state index is 14.5. The molecule has 2 heterocycles. The van der Waals surface area contributed by atoms with Crippen molar-refractivity contribution in [3.05, 3.63) is 30.1 Å². The van der Waals surface area contributed by atoms with E-state index < -0.39 is 0 Å². The second-order valence-electron chi connectivity index (χ2n) is 7.69. The summed E-state index contributed by atoms with van der Waals surface area (Å²) >= 11 is 2.23. The fraction of sp³-hybridized carbons (Fsp3) is 0.476. The minimum absolute atomic E-state index is 0.110. The summed E-state index contributed by atoms with van der Waals surface area (Å²) in [5.74, 6) is -0.0584. The summed E-state index contributed by atoms with van der Waals surface area (Å²) in [5, 5.41) is 11.6. The molecule has 4 rings (SSSR count). The van der Waals surface area contributed by atoms with Crippen molar-refractivity contribution in [1.29, 1.82) is 0 Å². The predicted molar refractivity (Wildman–Crippen MR) is 121 cm³/mol. The molecule has 1 aliphatic heterocycles. The van der Waals surface area contributed by atoms with Crippen molar-refractivity contribution in [3.63, 3.8) is 0 Å². The minimum Gasteiger partial charge on any atom is -0.354 e. The van der Waals surface area contributed by atoms with Crippen LogP contribution >= 0.6 is 23.5 Å². The Kier molecular flexibility index (Phi) is 7.46. The number of halogens is 1. The van der Waals surface area contributed by atoms with Gasteiger partial charge in [0.25, 0.3) is 5.24 Å². The van der Waals surface area contributed by atoms with Crippen molar-refractivity contribution in [2.75, 3.05) is 24.6 Å². The standard InChI is InChI=1S/C21H24FN5O3S2/c22-16-9-5-4-8-15(16)19-24-25-20(27(19)14-6-2-1-3-7-14)31-12-17(28)23-10-11-26-18(29)13-32-21(26)30/h4-5,8-9,14H,1-3,6-7,10-13H2,(H,23,28). The van der Waals surface area contributed by atoms with Gasteiger partial charge < -0.3 is 5.32 Å². The predicted octanol–water partition coefficient (Wildman–Crippen LogP) is 3.49. The quantitative estimate of drug-likeness (QED) is 0.581. The van der Waals surface area contributed by atoms with Crippen molar-refractivity contribution in [2.24, 2.45) is 0 Å².